The maximum absolute atomic E-state index is 12.6. The number of carboxylic acid groups (broad SMARTS) is 1. The van der Waals surface area contributed by atoms with Gasteiger partial charge >= 0.3 is 12.1 Å². The highest BCUT2D eigenvalue weighted by Gasteiger charge is 2.26. The molecule has 0 saturated carbocycles. The predicted molar refractivity (Wildman–Crippen MR) is 101 cm³/mol. The molecule has 0 bridgehead atoms. The third-order valence-electron chi connectivity index (χ3n) is 3.84. The number of fused-ring (bicyclic) bond motifs is 1. The third-order valence-corrected chi connectivity index (χ3v) is 3.84. The van der Waals surface area contributed by atoms with E-state index < -0.39 is 17.7 Å². The van der Waals surface area contributed by atoms with Gasteiger partial charge < -0.3 is 14.6 Å². The first kappa shape index (κ1) is 18.5. The van der Waals surface area contributed by atoms with Gasteiger partial charge in [0.05, 0.1) is 5.52 Å². The Morgan fingerprint density at radius 1 is 1.04 bits per heavy atom. The zero-order valence-corrected chi connectivity index (χ0v) is 15.4. The lowest BCUT2D eigenvalue weighted by Crippen LogP contribution is -2.28. The van der Waals surface area contributed by atoms with Crippen LogP contribution in [0.5, 0.6) is 5.75 Å². The second kappa shape index (κ2) is 7.15. The van der Waals surface area contributed by atoms with Crippen LogP contribution in [0.1, 0.15) is 36.8 Å². The van der Waals surface area contributed by atoms with Gasteiger partial charge in [0.15, 0.2) is 0 Å². The molecule has 6 nitrogen and oxygen atoms in total. The summed E-state index contributed by atoms with van der Waals surface area (Å²) in [6.45, 7) is 5.52. The summed E-state index contributed by atoms with van der Waals surface area (Å²) in [5, 5.41) is 10.1. The van der Waals surface area contributed by atoms with Crippen LogP contribution in [-0.2, 0) is 11.3 Å². The summed E-state index contributed by atoms with van der Waals surface area (Å²) >= 11 is 0. The minimum Gasteiger partial charge on any atom is -0.488 e. The summed E-state index contributed by atoms with van der Waals surface area (Å²) in [6, 6.07) is 16.2. The van der Waals surface area contributed by atoms with Crippen molar-refractivity contribution in [1.29, 1.82) is 0 Å². The lowest BCUT2D eigenvalue weighted by atomic mass is 10.2. The Labute approximate surface area is 156 Å². The number of aromatic carboxylic acids is 1. The number of benzene rings is 2. The maximum Gasteiger partial charge on any atom is 0.419 e. The Balaban J connectivity index is 2.02. The summed E-state index contributed by atoms with van der Waals surface area (Å²) in [4.78, 5) is 24.3. The third kappa shape index (κ3) is 4.11. The average molecular weight is 367 g/mol. The minimum atomic E-state index is -1.22. The lowest BCUT2D eigenvalue weighted by molar-refractivity contribution is 0.0513. The Hall–Kier alpha value is -3.28. The highest BCUT2D eigenvalue weighted by Crippen LogP contribution is 2.30. The van der Waals surface area contributed by atoms with E-state index in [1.54, 1.807) is 39.0 Å². The summed E-state index contributed by atoms with van der Waals surface area (Å²) in [6.07, 6.45) is -0.741. The molecule has 0 saturated heterocycles. The Morgan fingerprint density at radius 3 is 2.37 bits per heavy atom. The van der Waals surface area contributed by atoms with Gasteiger partial charge in [-0.1, -0.05) is 36.4 Å². The lowest BCUT2D eigenvalue weighted by Gasteiger charge is -2.20. The van der Waals surface area contributed by atoms with Crippen LogP contribution in [0.25, 0.3) is 10.9 Å². The zero-order chi connectivity index (χ0) is 19.6. The van der Waals surface area contributed by atoms with Gasteiger partial charge in [-0.2, -0.15) is 0 Å². The van der Waals surface area contributed by atoms with Crippen molar-refractivity contribution >= 4 is 23.0 Å². The average Bonchev–Trinajstić information content (AvgIpc) is 3.00. The number of aromatic nitrogens is 1. The molecule has 0 amide bonds. The Kier molecular flexibility index (Phi) is 4.90. The van der Waals surface area contributed by atoms with E-state index in [9.17, 15) is 14.7 Å². The van der Waals surface area contributed by atoms with E-state index in [2.05, 4.69) is 0 Å². The van der Waals surface area contributed by atoms with Crippen LogP contribution in [-0.4, -0.2) is 27.3 Å². The van der Waals surface area contributed by atoms with Gasteiger partial charge in [0.2, 0.25) is 0 Å². The van der Waals surface area contributed by atoms with Crippen LogP contribution in [0.3, 0.4) is 0 Å². The van der Waals surface area contributed by atoms with E-state index in [1.807, 2.05) is 30.3 Å². The molecule has 27 heavy (non-hydrogen) atoms. The number of carbonyl (C=O) groups is 2. The summed E-state index contributed by atoms with van der Waals surface area (Å²) in [7, 11) is 0. The molecule has 140 valence electrons. The van der Waals surface area contributed by atoms with Gasteiger partial charge in [0.1, 0.15) is 23.7 Å². The molecule has 1 N–H and O–H groups in total. The molecule has 0 atom stereocenters. The van der Waals surface area contributed by atoms with Crippen LogP contribution in [0.2, 0.25) is 0 Å². The van der Waals surface area contributed by atoms with E-state index >= 15 is 0 Å². The summed E-state index contributed by atoms with van der Waals surface area (Å²) in [5.41, 5.74) is 0.493. The maximum atomic E-state index is 12.6. The molecule has 3 rings (SSSR count). The van der Waals surface area contributed by atoms with Crippen molar-refractivity contribution in [2.24, 2.45) is 0 Å². The van der Waals surface area contributed by atoms with Gasteiger partial charge in [-0.05, 0) is 44.5 Å². The highest BCUT2D eigenvalue weighted by molar-refractivity contribution is 6.02. The monoisotopic (exact) mass is 367 g/mol. The van der Waals surface area contributed by atoms with Crippen LogP contribution in [0.15, 0.2) is 54.6 Å². The number of ether oxygens (including phenoxy) is 2. The molecule has 3 aromatic rings. The number of nitrogens with zero attached hydrogens (tertiary/aromatic N) is 1. The van der Waals surface area contributed by atoms with Crippen LogP contribution >= 0.6 is 0 Å². The van der Waals surface area contributed by atoms with Crippen LogP contribution in [0.4, 0.5) is 4.79 Å². The minimum absolute atomic E-state index is 0.171. The van der Waals surface area contributed by atoms with Crippen molar-refractivity contribution in [3.8, 4) is 5.75 Å². The van der Waals surface area contributed by atoms with Gasteiger partial charge in [-0.25, -0.2) is 14.2 Å². The number of hydrogen-bond acceptors (Lipinski definition) is 4. The van der Waals surface area contributed by atoms with Crippen LogP contribution < -0.4 is 4.74 Å². The van der Waals surface area contributed by atoms with Crippen molar-refractivity contribution in [2.75, 3.05) is 0 Å². The number of rotatable bonds is 4. The second-order valence-electron chi connectivity index (χ2n) is 7.11. The number of hydrogen-bond donors (Lipinski definition) is 1. The molecular weight excluding hydrogens is 346 g/mol. The first-order chi connectivity index (χ1) is 12.8. The van der Waals surface area contributed by atoms with Gasteiger partial charge in [-0.15, -0.1) is 0 Å². The fraction of sp³-hybridized carbons (Fsp3) is 0.238. The van der Waals surface area contributed by atoms with Crippen molar-refractivity contribution in [1.82, 2.24) is 4.57 Å². The molecule has 1 aromatic heterocycles. The van der Waals surface area contributed by atoms with E-state index in [1.165, 1.54) is 6.07 Å². The Morgan fingerprint density at radius 2 is 1.74 bits per heavy atom. The summed E-state index contributed by atoms with van der Waals surface area (Å²) in [5.74, 6) is -0.716. The van der Waals surface area contributed by atoms with Crippen molar-refractivity contribution in [3.05, 3.63) is 65.9 Å². The van der Waals surface area contributed by atoms with Gasteiger partial charge in [-0.3, -0.25) is 0 Å². The first-order valence-electron chi connectivity index (χ1n) is 8.54. The molecule has 2 aromatic carbocycles. The van der Waals surface area contributed by atoms with Crippen LogP contribution in [0, 0.1) is 0 Å². The van der Waals surface area contributed by atoms with E-state index in [0.717, 1.165) is 10.1 Å². The molecule has 0 aliphatic rings. The van der Waals surface area contributed by atoms with E-state index in [4.69, 9.17) is 9.47 Å². The Bertz CT molecular complexity index is 983. The number of carboxylic acids is 1. The first-order valence-corrected chi connectivity index (χ1v) is 8.54. The zero-order valence-electron chi connectivity index (χ0n) is 15.4. The standard InChI is InChI=1S/C21H21NO5/c1-21(2,3)27-20(25)22-16-10-7-11-18(15(16)12-17(22)19(23)24)26-13-14-8-5-4-6-9-14/h4-12H,13H2,1-3H3,(H,23,24). The largest absolute Gasteiger partial charge is 0.488 e. The molecule has 0 spiro atoms. The molecule has 6 heteroatoms. The fourth-order valence-corrected chi connectivity index (χ4v) is 2.73. The predicted octanol–water partition coefficient (Wildman–Crippen LogP) is 4.70. The fourth-order valence-electron chi connectivity index (χ4n) is 2.73. The highest BCUT2D eigenvalue weighted by atomic mass is 16.6. The SMILES string of the molecule is CC(C)(C)OC(=O)n1c(C(=O)O)cc2c(OCc3ccccc3)cccc21. The smallest absolute Gasteiger partial charge is 0.419 e. The number of carbonyl (C=O) groups excluding carboxylic acids is 1. The van der Waals surface area contributed by atoms with Gasteiger partial charge in [0, 0.05) is 5.39 Å². The molecule has 1 heterocycles. The normalized spacial score (nSPS) is 11.4. The summed E-state index contributed by atoms with van der Waals surface area (Å²) < 4.78 is 12.3. The van der Waals surface area contributed by atoms with E-state index in [-0.39, 0.29) is 5.69 Å². The topological polar surface area (TPSA) is 77.8 Å². The van der Waals surface area contributed by atoms with E-state index in [0.29, 0.717) is 23.3 Å². The molecular formula is C21H21NO5. The van der Waals surface area contributed by atoms with Crippen molar-refractivity contribution < 1.29 is 24.2 Å². The second-order valence-corrected chi connectivity index (χ2v) is 7.11. The quantitative estimate of drug-likeness (QED) is 0.723. The molecule has 0 unspecified atom stereocenters. The molecule has 0 aliphatic heterocycles. The van der Waals surface area contributed by atoms with Crippen molar-refractivity contribution in [2.45, 2.75) is 33.0 Å². The molecule has 0 fully saturated rings. The van der Waals surface area contributed by atoms with Crippen molar-refractivity contribution in [3.63, 3.8) is 0 Å². The molecule has 0 aliphatic carbocycles. The molecule has 0 radical (unpaired) electrons. The van der Waals surface area contributed by atoms with Gasteiger partial charge in [0.25, 0.3) is 0 Å².